The topological polar surface area (TPSA) is 47.6 Å². The molecule has 0 amide bonds. The SMILES string of the molecule is CON=C(N)C1=Cc2ccccc21. The first-order chi connectivity index (χ1) is 6.33. The Balaban J connectivity index is 2.30. The molecule has 1 aliphatic carbocycles. The first-order valence-corrected chi connectivity index (χ1v) is 4.01. The van der Waals surface area contributed by atoms with Crippen LogP contribution in [0.1, 0.15) is 11.1 Å². The number of fused-ring (bicyclic) bond motifs is 1. The van der Waals surface area contributed by atoms with E-state index in [-0.39, 0.29) is 0 Å². The zero-order valence-electron chi connectivity index (χ0n) is 7.32. The van der Waals surface area contributed by atoms with Gasteiger partial charge < -0.3 is 10.6 Å². The molecule has 0 atom stereocenters. The lowest BCUT2D eigenvalue weighted by molar-refractivity contribution is 0.213. The van der Waals surface area contributed by atoms with Crippen LogP contribution in [0.3, 0.4) is 0 Å². The van der Waals surface area contributed by atoms with Crippen molar-refractivity contribution in [2.75, 3.05) is 7.11 Å². The summed E-state index contributed by atoms with van der Waals surface area (Å²) in [7, 11) is 1.48. The minimum atomic E-state index is 0.432. The average Bonchev–Trinajstić information content (AvgIpc) is 2.07. The molecule has 3 heteroatoms. The van der Waals surface area contributed by atoms with E-state index in [1.807, 2.05) is 30.3 Å². The first kappa shape index (κ1) is 7.86. The van der Waals surface area contributed by atoms with Gasteiger partial charge >= 0.3 is 0 Å². The number of benzene rings is 1. The van der Waals surface area contributed by atoms with Gasteiger partial charge in [0.2, 0.25) is 0 Å². The maximum absolute atomic E-state index is 5.66. The molecule has 0 bridgehead atoms. The van der Waals surface area contributed by atoms with Crippen LogP contribution in [0.5, 0.6) is 0 Å². The van der Waals surface area contributed by atoms with Gasteiger partial charge in [-0.3, -0.25) is 0 Å². The van der Waals surface area contributed by atoms with Crippen molar-refractivity contribution in [2.45, 2.75) is 0 Å². The lowest BCUT2D eigenvalue weighted by atomic mass is 9.88. The Morgan fingerprint density at radius 2 is 2.15 bits per heavy atom. The molecule has 0 saturated carbocycles. The smallest absolute Gasteiger partial charge is 0.170 e. The summed E-state index contributed by atoms with van der Waals surface area (Å²) in [6.07, 6.45) is 1.99. The second-order valence-corrected chi connectivity index (χ2v) is 2.80. The van der Waals surface area contributed by atoms with E-state index >= 15 is 0 Å². The lowest BCUT2D eigenvalue weighted by Gasteiger charge is -2.18. The maximum atomic E-state index is 5.66. The van der Waals surface area contributed by atoms with E-state index in [2.05, 4.69) is 9.99 Å². The standard InChI is InChI=1S/C10H10N2O/c1-13-12-10(11)9-6-7-4-2-3-5-8(7)9/h2-6H,1H3,(H2,11,12). The highest BCUT2D eigenvalue weighted by atomic mass is 16.6. The third-order valence-corrected chi connectivity index (χ3v) is 2.02. The normalized spacial score (nSPS) is 14.2. The van der Waals surface area contributed by atoms with Gasteiger partial charge in [0.15, 0.2) is 5.84 Å². The van der Waals surface area contributed by atoms with Crippen LogP contribution in [0, 0.1) is 0 Å². The molecule has 66 valence electrons. The minimum Gasteiger partial charge on any atom is -0.397 e. The third kappa shape index (κ3) is 1.18. The summed E-state index contributed by atoms with van der Waals surface area (Å²) in [5, 5.41) is 3.67. The number of nitrogens with two attached hydrogens (primary N) is 1. The molecule has 0 heterocycles. The summed E-state index contributed by atoms with van der Waals surface area (Å²) in [6, 6.07) is 8.03. The molecule has 3 nitrogen and oxygen atoms in total. The van der Waals surface area contributed by atoms with Gasteiger partial charge in [-0.25, -0.2) is 0 Å². The fourth-order valence-electron chi connectivity index (χ4n) is 1.38. The second kappa shape index (κ2) is 2.94. The fourth-order valence-corrected chi connectivity index (χ4v) is 1.38. The summed E-state index contributed by atoms with van der Waals surface area (Å²) >= 11 is 0. The molecule has 0 aliphatic heterocycles. The van der Waals surface area contributed by atoms with Gasteiger partial charge in [-0.15, -0.1) is 0 Å². The van der Waals surface area contributed by atoms with Crippen molar-refractivity contribution in [3.63, 3.8) is 0 Å². The van der Waals surface area contributed by atoms with Crippen LogP contribution in [0.2, 0.25) is 0 Å². The zero-order valence-corrected chi connectivity index (χ0v) is 7.32. The molecular weight excluding hydrogens is 164 g/mol. The van der Waals surface area contributed by atoms with Gasteiger partial charge in [-0.2, -0.15) is 0 Å². The van der Waals surface area contributed by atoms with E-state index in [0.29, 0.717) is 5.84 Å². The van der Waals surface area contributed by atoms with Crippen molar-refractivity contribution in [1.29, 1.82) is 0 Å². The van der Waals surface area contributed by atoms with Crippen LogP contribution in [-0.4, -0.2) is 12.9 Å². The van der Waals surface area contributed by atoms with Crippen molar-refractivity contribution in [2.24, 2.45) is 10.9 Å². The molecule has 0 spiro atoms. The quantitative estimate of drug-likeness (QED) is 0.419. The summed E-state index contributed by atoms with van der Waals surface area (Å²) in [4.78, 5) is 4.60. The van der Waals surface area contributed by atoms with Crippen LogP contribution in [0.4, 0.5) is 0 Å². The molecule has 1 aliphatic rings. The molecule has 1 aromatic rings. The number of amidine groups is 1. The van der Waals surface area contributed by atoms with E-state index in [1.54, 1.807) is 0 Å². The number of nitrogens with zero attached hydrogens (tertiary/aromatic N) is 1. The highest BCUT2D eigenvalue weighted by Crippen LogP contribution is 2.31. The number of oxime groups is 1. The predicted molar refractivity (Wildman–Crippen MR) is 52.9 cm³/mol. The highest BCUT2D eigenvalue weighted by molar-refractivity contribution is 6.31. The van der Waals surface area contributed by atoms with E-state index < -0.39 is 0 Å². The van der Waals surface area contributed by atoms with Crippen molar-refractivity contribution in [3.8, 4) is 0 Å². The summed E-state index contributed by atoms with van der Waals surface area (Å²) in [6.45, 7) is 0. The highest BCUT2D eigenvalue weighted by Gasteiger charge is 2.18. The summed E-state index contributed by atoms with van der Waals surface area (Å²) in [5.74, 6) is 0.432. The van der Waals surface area contributed by atoms with Crippen LogP contribution < -0.4 is 5.73 Å². The van der Waals surface area contributed by atoms with Crippen molar-refractivity contribution >= 4 is 17.5 Å². The van der Waals surface area contributed by atoms with Crippen LogP contribution in [-0.2, 0) is 4.84 Å². The Labute approximate surface area is 76.5 Å². The van der Waals surface area contributed by atoms with E-state index in [4.69, 9.17) is 5.73 Å². The molecule has 0 radical (unpaired) electrons. The first-order valence-electron chi connectivity index (χ1n) is 4.01. The summed E-state index contributed by atoms with van der Waals surface area (Å²) in [5.41, 5.74) is 8.96. The van der Waals surface area contributed by atoms with E-state index in [1.165, 1.54) is 12.7 Å². The largest absolute Gasteiger partial charge is 0.397 e. The minimum absolute atomic E-state index is 0.432. The zero-order chi connectivity index (χ0) is 9.26. The Morgan fingerprint density at radius 1 is 1.38 bits per heavy atom. The molecule has 2 N–H and O–H groups in total. The fraction of sp³-hybridized carbons (Fsp3) is 0.100. The molecule has 0 unspecified atom stereocenters. The van der Waals surface area contributed by atoms with Gasteiger partial charge in [-0.1, -0.05) is 29.4 Å². The van der Waals surface area contributed by atoms with Crippen LogP contribution in [0.15, 0.2) is 29.4 Å². The Morgan fingerprint density at radius 3 is 2.85 bits per heavy atom. The van der Waals surface area contributed by atoms with Crippen LogP contribution in [0.25, 0.3) is 11.6 Å². The van der Waals surface area contributed by atoms with Crippen molar-refractivity contribution in [3.05, 3.63) is 35.4 Å². The molecule has 0 aromatic heterocycles. The molecule has 13 heavy (non-hydrogen) atoms. The maximum Gasteiger partial charge on any atom is 0.170 e. The van der Waals surface area contributed by atoms with Crippen LogP contribution >= 0.6 is 0 Å². The lowest BCUT2D eigenvalue weighted by Crippen LogP contribution is -2.18. The predicted octanol–water partition coefficient (Wildman–Crippen LogP) is 1.46. The van der Waals surface area contributed by atoms with E-state index in [9.17, 15) is 0 Å². The Bertz CT molecular complexity index is 394. The van der Waals surface area contributed by atoms with Gasteiger partial charge in [-0.05, 0) is 17.2 Å². The summed E-state index contributed by atoms with van der Waals surface area (Å²) < 4.78 is 0. The molecular formula is C10H10N2O. The monoisotopic (exact) mass is 174 g/mol. The second-order valence-electron chi connectivity index (χ2n) is 2.80. The van der Waals surface area contributed by atoms with Crippen molar-refractivity contribution < 1.29 is 4.84 Å². The molecule has 2 rings (SSSR count). The number of rotatable bonds is 2. The van der Waals surface area contributed by atoms with E-state index in [0.717, 1.165) is 11.1 Å². The molecule has 0 saturated heterocycles. The third-order valence-electron chi connectivity index (χ3n) is 2.02. The van der Waals surface area contributed by atoms with Gasteiger partial charge in [0.05, 0.1) is 0 Å². The van der Waals surface area contributed by atoms with Gasteiger partial charge in [0.1, 0.15) is 7.11 Å². The number of hydrogen-bond acceptors (Lipinski definition) is 2. The van der Waals surface area contributed by atoms with Crippen molar-refractivity contribution in [1.82, 2.24) is 0 Å². The average molecular weight is 174 g/mol. The van der Waals surface area contributed by atoms with Gasteiger partial charge in [0, 0.05) is 5.57 Å². The number of hydrogen-bond donors (Lipinski definition) is 1. The Kier molecular flexibility index (Phi) is 1.77. The Hall–Kier alpha value is -1.77. The molecule has 1 aromatic carbocycles. The molecule has 0 fully saturated rings. The van der Waals surface area contributed by atoms with Gasteiger partial charge in [0.25, 0.3) is 0 Å².